The van der Waals surface area contributed by atoms with Crippen molar-refractivity contribution in [1.29, 1.82) is 0 Å². The summed E-state index contributed by atoms with van der Waals surface area (Å²) in [6.07, 6.45) is 0. The van der Waals surface area contributed by atoms with Crippen LogP contribution in [0.25, 0.3) is 0 Å². The van der Waals surface area contributed by atoms with Gasteiger partial charge in [-0.3, -0.25) is 9.59 Å². The molecule has 142 valence electrons. The molecule has 0 fully saturated rings. The number of nitrogens with zero attached hydrogens (tertiary/aromatic N) is 1. The van der Waals surface area contributed by atoms with Crippen LogP contribution in [0, 0.1) is 0 Å². The van der Waals surface area contributed by atoms with Gasteiger partial charge in [-0.05, 0) is 31.2 Å². The van der Waals surface area contributed by atoms with E-state index in [0.717, 1.165) is 0 Å². The molecule has 2 rings (SSSR count). The van der Waals surface area contributed by atoms with Crippen molar-refractivity contribution in [3.05, 3.63) is 54.1 Å². The first-order chi connectivity index (χ1) is 13.0. The average Bonchev–Trinajstić information content (AvgIpc) is 2.66. The minimum Gasteiger partial charge on any atom is -0.495 e. The van der Waals surface area contributed by atoms with E-state index in [1.807, 2.05) is 0 Å². The first-order valence-electron chi connectivity index (χ1n) is 8.45. The molecule has 0 unspecified atom stereocenters. The van der Waals surface area contributed by atoms with E-state index < -0.39 is 11.9 Å². The van der Waals surface area contributed by atoms with Crippen LogP contribution in [0.3, 0.4) is 0 Å². The lowest BCUT2D eigenvalue weighted by molar-refractivity contribution is -0.120. The van der Waals surface area contributed by atoms with Crippen molar-refractivity contribution >= 4 is 29.2 Å². The molecule has 7 nitrogen and oxygen atoms in total. The van der Waals surface area contributed by atoms with Crippen molar-refractivity contribution in [3.8, 4) is 5.75 Å². The zero-order valence-corrected chi connectivity index (χ0v) is 15.5. The normalized spacial score (nSPS) is 10.0. The molecule has 0 aliphatic carbocycles. The van der Waals surface area contributed by atoms with Crippen LogP contribution in [-0.2, 0) is 14.3 Å². The summed E-state index contributed by atoms with van der Waals surface area (Å²) >= 11 is 0. The van der Waals surface area contributed by atoms with E-state index >= 15 is 0 Å². The number of methoxy groups -OCH3 is 1. The van der Waals surface area contributed by atoms with Gasteiger partial charge in [-0.25, -0.2) is 4.79 Å². The number of anilines is 2. The average molecular weight is 370 g/mol. The predicted molar refractivity (Wildman–Crippen MR) is 102 cm³/mol. The van der Waals surface area contributed by atoms with Gasteiger partial charge in [-0.2, -0.15) is 0 Å². The largest absolute Gasteiger partial charge is 0.495 e. The number of ether oxygens (including phenoxy) is 2. The number of carbonyl (C=O) groups is 3. The van der Waals surface area contributed by atoms with E-state index in [1.165, 1.54) is 18.9 Å². The van der Waals surface area contributed by atoms with Gasteiger partial charge in [-0.15, -0.1) is 0 Å². The Hall–Kier alpha value is -3.35. The molecule has 0 saturated carbocycles. The van der Waals surface area contributed by atoms with Gasteiger partial charge in [-0.1, -0.05) is 24.3 Å². The number of hydrogen-bond acceptors (Lipinski definition) is 5. The Morgan fingerprint density at radius 3 is 2.37 bits per heavy atom. The van der Waals surface area contributed by atoms with E-state index in [9.17, 15) is 14.4 Å². The van der Waals surface area contributed by atoms with Crippen LogP contribution in [-0.4, -0.2) is 38.0 Å². The van der Waals surface area contributed by atoms with Gasteiger partial charge in [0.25, 0.3) is 0 Å². The molecule has 0 spiro atoms. The van der Waals surface area contributed by atoms with Crippen molar-refractivity contribution in [3.63, 3.8) is 0 Å². The predicted octanol–water partition coefficient (Wildman–Crippen LogP) is 2.86. The van der Waals surface area contributed by atoms with E-state index in [-0.39, 0.29) is 24.6 Å². The molecule has 0 aromatic heterocycles. The Balaban J connectivity index is 2.25. The molecule has 0 aliphatic heterocycles. The van der Waals surface area contributed by atoms with Gasteiger partial charge in [0.15, 0.2) is 0 Å². The lowest BCUT2D eigenvalue weighted by atomic mass is 10.1. The zero-order chi connectivity index (χ0) is 19.8. The Bertz CT molecular complexity index is 835. The quantitative estimate of drug-likeness (QED) is 0.758. The number of hydrogen-bond donors (Lipinski definition) is 1. The van der Waals surface area contributed by atoms with Crippen LogP contribution < -0.4 is 15.0 Å². The van der Waals surface area contributed by atoms with Crippen molar-refractivity contribution in [2.45, 2.75) is 13.8 Å². The summed E-state index contributed by atoms with van der Waals surface area (Å²) in [5.74, 6) is -0.841. The van der Waals surface area contributed by atoms with Gasteiger partial charge in [0, 0.05) is 6.92 Å². The van der Waals surface area contributed by atoms with Crippen molar-refractivity contribution < 1.29 is 23.9 Å². The molecule has 0 saturated heterocycles. The topological polar surface area (TPSA) is 84.9 Å². The highest BCUT2D eigenvalue weighted by atomic mass is 16.5. The van der Waals surface area contributed by atoms with Crippen molar-refractivity contribution in [1.82, 2.24) is 0 Å². The Morgan fingerprint density at radius 1 is 1.04 bits per heavy atom. The first-order valence-corrected chi connectivity index (χ1v) is 8.45. The summed E-state index contributed by atoms with van der Waals surface area (Å²) in [4.78, 5) is 38.1. The first kappa shape index (κ1) is 20.0. The SMILES string of the molecule is CCOC(=O)c1ccccc1N(CC(=O)Nc1ccccc1OC)C(C)=O. The summed E-state index contributed by atoms with van der Waals surface area (Å²) in [6.45, 7) is 2.98. The number of rotatable bonds is 7. The smallest absolute Gasteiger partial charge is 0.340 e. The van der Waals surface area contributed by atoms with Crippen LogP contribution >= 0.6 is 0 Å². The van der Waals surface area contributed by atoms with Gasteiger partial charge < -0.3 is 19.7 Å². The number of benzene rings is 2. The highest BCUT2D eigenvalue weighted by Gasteiger charge is 2.22. The fourth-order valence-corrected chi connectivity index (χ4v) is 2.54. The van der Waals surface area contributed by atoms with Gasteiger partial charge in [0.1, 0.15) is 12.3 Å². The third kappa shape index (κ3) is 5.07. The lowest BCUT2D eigenvalue weighted by Gasteiger charge is -2.23. The van der Waals surface area contributed by atoms with E-state index in [2.05, 4.69) is 5.32 Å². The maximum Gasteiger partial charge on any atom is 0.340 e. The molecule has 0 aliphatic rings. The molecule has 7 heteroatoms. The summed E-state index contributed by atoms with van der Waals surface area (Å²) in [6, 6.07) is 13.5. The second-order valence-corrected chi connectivity index (χ2v) is 5.59. The second-order valence-electron chi connectivity index (χ2n) is 5.59. The fourth-order valence-electron chi connectivity index (χ4n) is 2.54. The van der Waals surface area contributed by atoms with Crippen LogP contribution in [0.5, 0.6) is 5.75 Å². The molecular weight excluding hydrogens is 348 g/mol. The molecular formula is C20H22N2O5. The lowest BCUT2D eigenvalue weighted by Crippen LogP contribution is -2.37. The third-order valence-electron chi connectivity index (χ3n) is 3.75. The maximum atomic E-state index is 12.5. The Morgan fingerprint density at radius 2 is 1.70 bits per heavy atom. The van der Waals surface area contributed by atoms with E-state index in [0.29, 0.717) is 17.1 Å². The summed E-state index contributed by atoms with van der Waals surface area (Å²) in [5.41, 5.74) is 1.03. The van der Waals surface area contributed by atoms with Crippen LogP contribution in [0.2, 0.25) is 0 Å². The third-order valence-corrected chi connectivity index (χ3v) is 3.75. The molecule has 2 aromatic rings. The summed E-state index contributed by atoms with van der Waals surface area (Å²) in [5, 5.41) is 2.72. The van der Waals surface area contributed by atoms with Gasteiger partial charge in [0.05, 0.1) is 30.7 Å². The molecule has 0 radical (unpaired) electrons. The number of esters is 1. The Labute approximate surface area is 157 Å². The molecule has 2 amide bonds. The summed E-state index contributed by atoms with van der Waals surface area (Å²) < 4.78 is 10.2. The minimum absolute atomic E-state index is 0.210. The van der Waals surface area contributed by atoms with Crippen molar-refractivity contribution in [2.75, 3.05) is 30.5 Å². The molecule has 0 heterocycles. The molecule has 27 heavy (non-hydrogen) atoms. The van der Waals surface area contributed by atoms with Crippen molar-refractivity contribution in [2.24, 2.45) is 0 Å². The minimum atomic E-state index is -0.551. The van der Waals surface area contributed by atoms with Crippen LogP contribution in [0.1, 0.15) is 24.2 Å². The fraction of sp³-hybridized carbons (Fsp3) is 0.250. The number of amides is 2. The standard InChI is InChI=1S/C20H22N2O5/c1-4-27-20(25)15-9-5-7-11-17(15)22(14(2)23)13-19(24)21-16-10-6-8-12-18(16)26-3/h5-12H,4,13H2,1-3H3,(H,21,24). The highest BCUT2D eigenvalue weighted by Crippen LogP contribution is 2.24. The van der Waals surface area contributed by atoms with Crippen LogP contribution in [0.15, 0.2) is 48.5 Å². The summed E-state index contributed by atoms with van der Waals surface area (Å²) in [7, 11) is 1.50. The molecule has 2 aromatic carbocycles. The molecule has 1 N–H and O–H groups in total. The molecule has 0 bridgehead atoms. The van der Waals surface area contributed by atoms with E-state index in [4.69, 9.17) is 9.47 Å². The highest BCUT2D eigenvalue weighted by molar-refractivity contribution is 6.06. The maximum absolute atomic E-state index is 12.5. The Kier molecular flexibility index (Phi) is 6.93. The molecule has 0 atom stereocenters. The number of nitrogens with one attached hydrogen (secondary N) is 1. The zero-order valence-electron chi connectivity index (χ0n) is 15.5. The number of para-hydroxylation sites is 3. The van der Waals surface area contributed by atoms with E-state index in [1.54, 1.807) is 55.5 Å². The second kappa shape index (κ2) is 9.38. The van der Waals surface area contributed by atoms with Crippen LogP contribution in [0.4, 0.5) is 11.4 Å². The van der Waals surface area contributed by atoms with Gasteiger partial charge in [0.2, 0.25) is 11.8 Å². The van der Waals surface area contributed by atoms with Gasteiger partial charge >= 0.3 is 5.97 Å². The number of carbonyl (C=O) groups excluding carboxylic acids is 3. The monoisotopic (exact) mass is 370 g/mol.